The molecule has 2 aromatic rings. The fourth-order valence-electron chi connectivity index (χ4n) is 4.17. The van der Waals surface area contributed by atoms with Crippen molar-refractivity contribution in [1.29, 1.82) is 0 Å². The molecule has 1 saturated heterocycles. The molecule has 2 heterocycles. The van der Waals surface area contributed by atoms with Gasteiger partial charge in [0.15, 0.2) is 11.6 Å². The summed E-state index contributed by atoms with van der Waals surface area (Å²) in [7, 11) is 0. The fraction of sp³-hybridized carbons (Fsp3) is 0.368. The Labute approximate surface area is 155 Å². The van der Waals surface area contributed by atoms with Crippen LogP contribution in [0.4, 0.5) is 8.78 Å². The number of rotatable bonds is 2. The van der Waals surface area contributed by atoms with E-state index in [1.807, 2.05) is 24.3 Å². The maximum absolute atomic E-state index is 15.0. The minimum Gasteiger partial charge on any atom is -0.488 e. The standard InChI is InChI=1S/C19H17Cl2F2NO/c20-12-4-2-11(3-5-12)9-19-6-1-7-24-15(19)10-25-18-14(22)8-13(21)17(23)16(18)19/h2-5,8,15,24H,1,6-7,9-10H2/t15-,19+/m0/s1. The van der Waals surface area contributed by atoms with Gasteiger partial charge in [-0.05, 0) is 49.6 Å². The fourth-order valence-corrected chi connectivity index (χ4v) is 4.48. The normalized spacial score (nSPS) is 25.0. The van der Waals surface area contributed by atoms with Crippen molar-refractivity contribution in [3.63, 3.8) is 0 Å². The van der Waals surface area contributed by atoms with Crippen LogP contribution in [0.5, 0.6) is 5.75 Å². The molecule has 0 saturated carbocycles. The Bertz CT molecular complexity index is 812. The van der Waals surface area contributed by atoms with E-state index in [0.717, 1.165) is 31.0 Å². The molecule has 2 aliphatic rings. The topological polar surface area (TPSA) is 21.3 Å². The molecule has 0 unspecified atom stereocenters. The minimum absolute atomic E-state index is 0.00388. The van der Waals surface area contributed by atoms with E-state index >= 15 is 4.39 Å². The van der Waals surface area contributed by atoms with Gasteiger partial charge in [0.25, 0.3) is 0 Å². The third kappa shape index (κ3) is 2.80. The third-order valence-corrected chi connectivity index (χ3v) is 5.84. The van der Waals surface area contributed by atoms with Gasteiger partial charge in [0, 0.05) is 16.0 Å². The van der Waals surface area contributed by atoms with Crippen molar-refractivity contribution in [1.82, 2.24) is 5.32 Å². The number of hydrogen-bond donors (Lipinski definition) is 1. The third-order valence-electron chi connectivity index (χ3n) is 5.31. The lowest BCUT2D eigenvalue weighted by molar-refractivity contribution is 0.113. The van der Waals surface area contributed by atoms with E-state index in [9.17, 15) is 4.39 Å². The maximum atomic E-state index is 15.0. The Morgan fingerprint density at radius 3 is 2.72 bits per heavy atom. The smallest absolute Gasteiger partial charge is 0.167 e. The van der Waals surface area contributed by atoms with Crippen LogP contribution in [-0.2, 0) is 11.8 Å². The largest absolute Gasteiger partial charge is 0.488 e. The van der Waals surface area contributed by atoms with E-state index in [4.69, 9.17) is 27.9 Å². The molecule has 2 atom stereocenters. The molecule has 132 valence electrons. The first kappa shape index (κ1) is 17.1. The molecule has 0 aliphatic carbocycles. The van der Waals surface area contributed by atoms with Gasteiger partial charge >= 0.3 is 0 Å². The number of piperidine rings is 1. The summed E-state index contributed by atoms with van der Waals surface area (Å²) in [5, 5.41) is 3.86. The van der Waals surface area contributed by atoms with Crippen LogP contribution in [0.25, 0.3) is 0 Å². The monoisotopic (exact) mass is 383 g/mol. The van der Waals surface area contributed by atoms with Gasteiger partial charge in [0.2, 0.25) is 0 Å². The number of ether oxygens (including phenoxy) is 1. The molecular weight excluding hydrogens is 367 g/mol. The van der Waals surface area contributed by atoms with Crippen LogP contribution in [0.1, 0.15) is 24.0 Å². The maximum Gasteiger partial charge on any atom is 0.167 e. The highest BCUT2D eigenvalue weighted by molar-refractivity contribution is 6.31. The summed E-state index contributed by atoms with van der Waals surface area (Å²) in [6.07, 6.45) is 2.17. The zero-order valence-electron chi connectivity index (χ0n) is 13.4. The highest BCUT2D eigenvalue weighted by Gasteiger charge is 2.50. The van der Waals surface area contributed by atoms with Crippen LogP contribution in [0, 0.1) is 11.6 Å². The second-order valence-corrected chi connectivity index (χ2v) is 7.58. The summed E-state index contributed by atoms with van der Waals surface area (Å²) >= 11 is 11.9. The average Bonchev–Trinajstić information content (AvgIpc) is 2.61. The van der Waals surface area contributed by atoms with Crippen molar-refractivity contribution in [3.05, 3.63) is 63.1 Å². The zero-order chi connectivity index (χ0) is 17.6. The Hall–Kier alpha value is -1.36. The Balaban J connectivity index is 1.89. The van der Waals surface area contributed by atoms with Gasteiger partial charge in [-0.3, -0.25) is 0 Å². The van der Waals surface area contributed by atoms with E-state index in [1.165, 1.54) is 0 Å². The Morgan fingerprint density at radius 1 is 1.20 bits per heavy atom. The second kappa shape index (κ2) is 6.42. The molecule has 0 radical (unpaired) electrons. The first-order chi connectivity index (χ1) is 12.0. The number of fused-ring (bicyclic) bond motifs is 3. The van der Waals surface area contributed by atoms with Crippen molar-refractivity contribution in [2.75, 3.05) is 13.2 Å². The van der Waals surface area contributed by atoms with Crippen molar-refractivity contribution < 1.29 is 13.5 Å². The zero-order valence-corrected chi connectivity index (χ0v) is 14.9. The summed E-state index contributed by atoms with van der Waals surface area (Å²) in [6.45, 7) is 1.13. The van der Waals surface area contributed by atoms with Crippen LogP contribution in [-0.4, -0.2) is 19.2 Å². The van der Waals surface area contributed by atoms with E-state index in [1.54, 1.807) is 0 Å². The minimum atomic E-state index is -0.610. The lowest BCUT2D eigenvalue weighted by atomic mass is 9.64. The van der Waals surface area contributed by atoms with Crippen molar-refractivity contribution in [3.8, 4) is 5.75 Å². The molecule has 0 bridgehead atoms. The van der Waals surface area contributed by atoms with Crippen LogP contribution in [0.3, 0.4) is 0 Å². The molecule has 0 amide bonds. The molecule has 4 rings (SSSR count). The van der Waals surface area contributed by atoms with Gasteiger partial charge in [-0.2, -0.15) is 0 Å². The van der Waals surface area contributed by atoms with E-state index in [-0.39, 0.29) is 22.4 Å². The molecule has 2 aliphatic heterocycles. The average molecular weight is 384 g/mol. The molecule has 6 heteroatoms. The van der Waals surface area contributed by atoms with Gasteiger partial charge < -0.3 is 10.1 Å². The predicted octanol–water partition coefficient (Wildman–Crippen LogP) is 4.90. The first-order valence-electron chi connectivity index (χ1n) is 8.30. The molecule has 1 N–H and O–H groups in total. The predicted molar refractivity (Wildman–Crippen MR) is 94.7 cm³/mol. The summed E-state index contributed by atoms with van der Waals surface area (Å²) in [6, 6.07) is 8.37. The number of benzene rings is 2. The molecule has 2 nitrogen and oxygen atoms in total. The van der Waals surface area contributed by atoms with E-state index in [2.05, 4.69) is 5.32 Å². The lowest BCUT2D eigenvalue weighted by Crippen LogP contribution is -2.59. The summed E-state index contributed by atoms with van der Waals surface area (Å²) in [5.74, 6) is -1.20. The molecule has 0 aromatic heterocycles. The van der Waals surface area contributed by atoms with E-state index in [0.29, 0.717) is 18.1 Å². The first-order valence-corrected chi connectivity index (χ1v) is 9.05. The SMILES string of the molecule is Fc1cc(Cl)c(F)c2c1OC[C@@H]1NCCC[C@]21Cc1ccc(Cl)cc1. The van der Waals surface area contributed by atoms with Crippen LogP contribution >= 0.6 is 23.2 Å². The lowest BCUT2D eigenvalue weighted by Gasteiger charge is -2.48. The van der Waals surface area contributed by atoms with Gasteiger partial charge in [-0.25, -0.2) is 8.78 Å². The Kier molecular flexibility index (Phi) is 4.38. The molecule has 1 fully saturated rings. The van der Waals surface area contributed by atoms with Crippen LogP contribution in [0.2, 0.25) is 10.0 Å². The van der Waals surface area contributed by atoms with Crippen LogP contribution < -0.4 is 10.1 Å². The van der Waals surface area contributed by atoms with Crippen molar-refractivity contribution in [2.24, 2.45) is 0 Å². The molecular formula is C19H17Cl2F2NO. The Morgan fingerprint density at radius 2 is 1.96 bits per heavy atom. The van der Waals surface area contributed by atoms with Crippen LogP contribution in [0.15, 0.2) is 30.3 Å². The van der Waals surface area contributed by atoms with Crippen molar-refractivity contribution >= 4 is 23.2 Å². The second-order valence-electron chi connectivity index (χ2n) is 6.74. The highest BCUT2D eigenvalue weighted by atomic mass is 35.5. The number of halogens is 4. The van der Waals surface area contributed by atoms with Gasteiger partial charge in [0.1, 0.15) is 12.4 Å². The summed E-state index contributed by atoms with van der Waals surface area (Å²) in [4.78, 5) is 0. The molecule has 0 spiro atoms. The highest BCUT2D eigenvalue weighted by Crippen LogP contribution is 2.49. The van der Waals surface area contributed by atoms with Gasteiger partial charge in [-0.15, -0.1) is 0 Å². The summed E-state index contributed by atoms with van der Waals surface area (Å²) in [5.41, 5.74) is 0.678. The molecule has 25 heavy (non-hydrogen) atoms. The number of nitrogens with one attached hydrogen (secondary N) is 1. The van der Waals surface area contributed by atoms with E-state index < -0.39 is 17.0 Å². The van der Waals surface area contributed by atoms with Gasteiger partial charge in [0.05, 0.1) is 11.1 Å². The van der Waals surface area contributed by atoms with Crippen molar-refractivity contribution in [2.45, 2.75) is 30.7 Å². The summed E-state index contributed by atoms with van der Waals surface area (Å²) < 4.78 is 35.0. The van der Waals surface area contributed by atoms with Gasteiger partial charge in [-0.1, -0.05) is 35.3 Å². The quantitative estimate of drug-likeness (QED) is 0.744. The molecule has 2 aromatic carbocycles. The number of hydrogen-bond acceptors (Lipinski definition) is 2.